The molecule has 0 saturated heterocycles. The van der Waals surface area contributed by atoms with Gasteiger partial charge < -0.3 is 0 Å². The van der Waals surface area contributed by atoms with Gasteiger partial charge in [0.1, 0.15) is 0 Å². The van der Waals surface area contributed by atoms with Crippen molar-refractivity contribution >= 4 is 0 Å². The highest BCUT2D eigenvalue weighted by molar-refractivity contribution is 5.63. The summed E-state index contributed by atoms with van der Waals surface area (Å²) >= 11 is 0. The molecule has 0 N–H and O–H groups in total. The van der Waals surface area contributed by atoms with Crippen LogP contribution < -0.4 is 0 Å². The van der Waals surface area contributed by atoms with Crippen molar-refractivity contribution in [3.63, 3.8) is 0 Å². The molecule has 0 spiro atoms. The standard InChI is InChI=1S/C13H8N/c14-10-11-6-8-13(9-7-11)12-4-2-1-3-5-12/h1-4,6-9H. The fraction of sp³-hybridized carbons (Fsp3) is 0. The first kappa shape index (κ1) is 8.52. The van der Waals surface area contributed by atoms with E-state index in [2.05, 4.69) is 12.1 Å². The first-order valence-corrected chi connectivity index (χ1v) is 4.37. The molecule has 2 aromatic carbocycles. The molecule has 1 nitrogen and oxygen atoms in total. The molecule has 0 aliphatic carbocycles. The first-order valence-electron chi connectivity index (χ1n) is 4.37. The van der Waals surface area contributed by atoms with Gasteiger partial charge in [-0.1, -0.05) is 36.4 Å². The topological polar surface area (TPSA) is 23.8 Å². The molecule has 65 valence electrons. The summed E-state index contributed by atoms with van der Waals surface area (Å²) in [6.07, 6.45) is 0. The summed E-state index contributed by atoms with van der Waals surface area (Å²) in [5.74, 6) is 0. The van der Waals surface area contributed by atoms with Gasteiger partial charge >= 0.3 is 0 Å². The quantitative estimate of drug-likeness (QED) is 0.658. The Kier molecular flexibility index (Phi) is 2.29. The van der Waals surface area contributed by atoms with Gasteiger partial charge in [0.2, 0.25) is 0 Å². The lowest BCUT2D eigenvalue weighted by atomic mass is 10.0. The van der Waals surface area contributed by atoms with Crippen molar-refractivity contribution < 1.29 is 0 Å². The molecule has 14 heavy (non-hydrogen) atoms. The summed E-state index contributed by atoms with van der Waals surface area (Å²) in [4.78, 5) is 0. The second-order valence-corrected chi connectivity index (χ2v) is 2.97. The lowest BCUT2D eigenvalue weighted by Crippen LogP contribution is -1.78. The van der Waals surface area contributed by atoms with Crippen molar-refractivity contribution in [1.82, 2.24) is 0 Å². The smallest absolute Gasteiger partial charge is 0.0991 e. The lowest BCUT2D eigenvalue weighted by Gasteiger charge is -1.99. The summed E-state index contributed by atoms with van der Waals surface area (Å²) < 4.78 is 0. The Morgan fingerprint density at radius 2 is 1.79 bits per heavy atom. The predicted octanol–water partition coefficient (Wildman–Crippen LogP) is 3.03. The van der Waals surface area contributed by atoms with E-state index < -0.39 is 0 Å². The van der Waals surface area contributed by atoms with Crippen molar-refractivity contribution in [2.24, 2.45) is 0 Å². The van der Waals surface area contributed by atoms with Crippen LogP contribution >= 0.6 is 0 Å². The van der Waals surface area contributed by atoms with Crippen molar-refractivity contribution in [3.05, 3.63) is 60.2 Å². The van der Waals surface area contributed by atoms with Crippen LogP contribution in [0.1, 0.15) is 5.56 Å². The fourth-order valence-corrected chi connectivity index (χ4v) is 1.30. The Balaban J connectivity index is 2.40. The van der Waals surface area contributed by atoms with Crippen molar-refractivity contribution in [2.75, 3.05) is 0 Å². The van der Waals surface area contributed by atoms with Gasteiger partial charge in [0.15, 0.2) is 0 Å². The van der Waals surface area contributed by atoms with Crippen molar-refractivity contribution in [3.8, 4) is 17.2 Å². The van der Waals surface area contributed by atoms with Gasteiger partial charge in [0, 0.05) is 0 Å². The molecule has 0 fully saturated rings. The highest BCUT2D eigenvalue weighted by Crippen LogP contribution is 2.18. The summed E-state index contributed by atoms with van der Waals surface area (Å²) in [7, 11) is 0. The third kappa shape index (κ3) is 1.65. The number of benzene rings is 2. The minimum atomic E-state index is 0.685. The maximum absolute atomic E-state index is 8.64. The normalized spacial score (nSPS) is 9.36. The van der Waals surface area contributed by atoms with E-state index in [1.54, 1.807) is 0 Å². The molecule has 0 bridgehead atoms. The summed E-state index contributed by atoms with van der Waals surface area (Å²) in [6, 6.07) is 20.5. The van der Waals surface area contributed by atoms with Crippen LogP contribution in [0.5, 0.6) is 0 Å². The van der Waals surface area contributed by atoms with E-state index in [4.69, 9.17) is 5.26 Å². The zero-order valence-corrected chi connectivity index (χ0v) is 7.57. The molecule has 0 aromatic heterocycles. The predicted molar refractivity (Wildman–Crippen MR) is 55.4 cm³/mol. The summed E-state index contributed by atoms with van der Waals surface area (Å²) in [5, 5.41) is 8.64. The second-order valence-electron chi connectivity index (χ2n) is 2.97. The number of rotatable bonds is 1. The van der Waals surface area contributed by atoms with Gasteiger partial charge in [-0.15, -0.1) is 0 Å². The molecular weight excluding hydrogens is 170 g/mol. The third-order valence-corrected chi connectivity index (χ3v) is 2.03. The van der Waals surface area contributed by atoms with Crippen LogP contribution in [0.3, 0.4) is 0 Å². The first-order chi connectivity index (χ1) is 6.90. The van der Waals surface area contributed by atoms with Gasteiger partial charge in [-0.05, 0) is 29.3 Å². The van der Waals surface area contributed by atoms with Gasteiger partial charge in [-0.2, -0.15) is 5.26 Å². The number of nitrogens with zero attached hydrogens (tertiary/aromatic N) is 1. The van der Waals surface area contributed by atoms with E-state index >= 15 is 0 Å². The average Bonchev–Trinajstić information content (AvgIpc) is 2.30. The third-order valence-electron chi connectivity index (χ3n) is 2.03. The molecule has 1 heteroatoms. The van der Waals surface area contributed by atoms with Crippen LogP contribution in [0.2, 0.25) is 0 Å². The molecule has 2 aromatic rings. The molecule has 0 heterocycles. The van der Waals surface area contributed by atoms with Gasteiger partial charge in [-0.3, -0.25) is 0 Å². The molecule has 0 aliphatic rings. The van der Waals surface area contributed by atoms with E-state index in [0.717, 1.165) is 11.1 Å². The molecule has 0 amide bonds. The summed E-state index contributed by atoms with van der Waals surface area (Å²) in [6.45, 7) is 0. The SMILES string of the molecule is N#Cc1ccc(-c2[c]cccc2)cc1. The van der Waals surface area contributed by atoms with Crippen molar-refractivity contribution in [2.45, 2.75) is 0 Å². The van der Waals surface area contributed by atoms with Gasteiger partial charge in [-0.25, -0.2) is 0 Å². The second kappa shape index (κ2) is 3.76. The minimum absolute atomic E-state index is 0.685. The molecule has 2 rings (SSSR count). The van der Waals surface area contributed by atoms with E-state index in [9.17, 15) is 0 Å². The number of hydrogen-bond donors (Lipinski definition) is 0. The summed E-state index contributed by atoms with van der Waals surface area (Å²) in [5.41, 5.74) is 2.83. The van der Waals surface area contributed by atoms with E-state index in [1.807, 2.05) is 48.5 Å². The zero-order valence-electron chi connectivity index (χ0n) is 7.57. The lowest BCUT2D eigenvalue weighted by molar-refractivity contribution is 1.48. The number of nitriles is 1. The highest BCUT2D eigenvalue weighted by Gasteiger charge is 1.95. The fourth-order valence-electron chi connectivity index (χ4n) is 1.30. The van der Waals surface area contributed by atoms with Crippen molar-refractivity contribution in [1.29, 1.82) is 5.26 Å². The minimum Gasteiger partial charge on any atom is -0.192 e. The Morgan fingerprint density at radius 3 is 2.36 bits per heavy atom. The Bertz CT molecular complexity index is 449. The van der Waals surface area contributed by atoms with E-state index in [0.29, 0.717) is 5.56 Å². The van der Waals surface area contributed by atoms with Crippen LogP contribution in [0, 0.1) is 17.4 Å². The number of hydrogen-bond acceptors (Lipinski definition) is 1. The van der Waals surface area contributed by atoms with Gasteiger partial charge in [0.25, 0.3) is 0 Å². The Hall–Kier alpha value is -2.07. The highest BCUT2D eigenvalue weighted by atomic mass is 14.2. The van der Waals surface area contributed by atoms with Crippen LogP contribution in [-0.4, -0.2) is 0 Å². The van der Waals surface area contributed by atoms with Gasteiger partial charge in [0.05, 0.1) is 11.6 Å². The molecule has 0 atom stereocenters. The Labute approximate surface area is 83.2 Å². The van der Waals surface area contributed by atoms with Crippen LogP contribution in [-0.2, 0) is 0 Å². The largest absolute Gasteiger partial charge is 0.192 e. The van der Waals surface area contributed by atoms with Crippen LogP contribution in [0.15, 0.2) is 48.5 Å². The van der Waals surface area contributed by atoms with Crippen LogP contribution in [0.4, 0.5) is 0 Å². The average molecular weight is 178 g/mol. The molecule has 0 unspecified atom stereocenters. The maximum atomic E-state index is 8.64. The molecule has 0 saturated carbocycles. The van der Waals surface area contributed by atoms with Crippen LogP contribution in [0.25, 0.3) is 11.1 Å². The maximum Gasteiger partial charge on any atom is 0.0991 e. The Morgan fingerprint density at radius 1 is 1.00 bits per heavy atom. The van der Waals surface area contributed by atoms with E-state index in [-0.39, 0.29) is 0 Å². The molecule has 1 radical (unpaired) electrons. The zero-order chi connectivity index (χ0) is 9.80. The van der Waals surface area contributed by atoms with E-state index in [1.165, 1.54) is 0 Å². The molecular formula is C13H8N. The monoisotopic (exact) mass is 178 g/mol. The molecule has 0 aliphatic heterocycles.